The van der Waals surface area contributed by atoms with Crippen LogP contribution in [0.2, 0.25) is 0 Å². The molecule has 108 valence electrons. The van der Waals surface area contributed by atoms with Gasteiger partial charge in [0, 0.05) is 18.2 Å². The van der Waals surface area contributed by atoms with Gasteiger partial charge in [-0.05, 0) is 12.3 Å². The Kier molecular flexibility index (Phi) is 5.53. The molecule has 19 heavy (non-hydrogen) atoms. The van der Waals surface area contributed by atoms with Crippen molar-refractivity contribution in [1.29, 1.82) is 0 Å². The number of aromatic nitrogens is 2. The lowest BCUT2D eigenvalue weighted by Gasteiger charge is -2.08. The molecule has 0 fully saturated rings. The van der Waals surface area contributed by atoms with Crippen LogP contribution in [0.1, 0.15) is 25.4 Å². The molecule has 7 heteroatoms. The van der Waals surface area contributed by atoms with E-state index in [1.165, 1.54) is 6.07 Å². The van der Waals surface area contributed by atoms with Crippen LogP contribution < -0.4 is 5.56 Å². The third-order valence-corrected chi connectivity index (χ3v) is 2.21. The number of hydrogen-bond donors (Lipinski definition) is 1. The summed E-state index contributed by atoms with van der Waals surface area (Å²) < 4.78 is 40.0. The van der Waals surface area contributed by atoms with Crippen molar-refractivity contribution < 1.29 is 17.9 Å². The molecular weight excluding hydrogens is 261 g/mol. The fraction of sp³-hybridized carbons (Fsp3) is 0.667. The van der Waals surface area contributed by atoms with Crippen LogP contribution in [0.25, 0.3) is 0 Å². The minimum atomic E-state index is -4.33. The van der Waals surface area contributed by atoms with Gasteiger partial charge in [0.05, 0.1) is 6.61 Å². The number of alkyl halides is 3. The Hall–Kier alpha value is -1.37. The summed E-state index contributed by atoms with van der Waals surface area (Å²) in [6.07, 6.45) is -3.53. The summed E-state index contributed by atoms with van der Waals surface area (Å²) >= 11 is 0. The van der Waals surface area contributed by atoms with Gasteiger partial charge in [-0.3, -0.25) is 4.79 Å². The number of hydrogen-bond acceptors (Lipinski definition) is 3. The summed E-state index contributed by atoms with van der Waals surface area (Å²) in [5, 5.41) is 0. The molecule has 0 aliphatic rings. The SMILES string of the molecule is CC(C)Cc1cc(=O)[nH]c(CCOCC(F)(F)F)n1. The molecule has 0 aliphatic heterocycles. The average molecular weight is 278 g/mol. The number of rotatable bonds is 6. The molecule has 0 atom stereocenters. The van der Waals surface area contributed by atoms with Crippen molar-refractivity contribution in [3.8, 4) is 0 Å². The molecule has 4 nitrogen and oxygen atoms in total. The zero-order valence-corrected chi connectivity index (χ0v) is 10.9. The van der Waals surface area contributed by atoms with Gasteiger partial charge in [0.1, 0.15) is 12.4 Å². The first kappa shape index (κ1) is 15.7. The van der Waals surface area contributed by atoms with Gasteiger partial charge in [0.15, 0.2) is 0 Å². The van der Waals surface area contributed by atoms with Crippen LogP contribution in [0.5, 0.6) is 0 Å². The average Bonchev–Trinajstić information content (AvgIpc) is 2.21. The first-order valence-electron chi connectivity index (χ1n) is 6.00. The van der Waals surface area contributed by atoms with E-state index in [-0.39, 0.29) is 18.6 Å². The maximum Gasteiger partial charge on any atom is 0.411 e. The second-order valence-electron chi connectivity index (χ2n) is 4.70. The number of nitrogens with zero attached hydrogens (tertiary/aromatic N) is 1. The molecular formula is C12H17F3N2O2. The molecule has 0 radical (unpaired) electrons. The quantitative estimate of drug-likeness (QED) is 0.811. The monoisotopic (exact) mass is 278 g/mol. The Morgan fingerprint density at radius 2 is 2.11 bits per heavy atom. The first-order chi connectivity index (χ1) is 8.76. The predicted molar refractivity (Wildman–Crippen MR) is 64.0 cm³/mol. The number of aromatic amines is 1. The highest BCUT2D eigenvalue weighted by Crippen LogP contribution is 2.14. The standard InChI is InChI=1S/C12H17F3N2O2/c1-8(2)5-9-6-11(18)17-10(16-9)3-4-19-7-12(13,14)15/h6,8H,3-5,7H2,1-2H3,(H,16,17,18). The molecule has 0 saturated heterocycles. The second-order valence-corrected chi connectivity index (χ2v) is 4.70. The molecule has 0 unspecified atom stereocenters. The fourth-order valence-corrected chi connectivity index (χ4v) is 1.56. The number of H-pyrrole nitrogens is 1. The molecule has 1 N–H and O–H groups in total. The summed E-state index contributed by atoms with van der Waals surface area (Å²) in [6, 6.07) is 1.40. The third kappa shape index (κ3) is 6.95. The predicted octanol–water partition coefficient (Wildman–Crippen LogP) is 2.09. The Morgan fingerprint density at radius 1 is 1.42 bits per heavy atom. The minimum absolute atomic E-state index is 0.131. The van der Waals surface area contributed by atoms with Crippen LogP contribution in [-0.4, -0.2) is 29.4 Å². The molecule has 0 saturated carbocycles. The van der Waals surface area contributed by atoms with Crippen LogP contribution in [0.3, 0.4) is 0 Å². The van der Waals surface area contributed by atoms with Crippen LogP contribution in [0.4, 0.5) is 13.2 Å². The van der Waals surface area contributed by atoms with Crippen molar-refractivity contribution in [1.82, 2.24) is 9.97 Å². The molecule has 1 rings (SSSR count). The van der Waals surface area contributed by atoms with Crippen molar-refractivity contribution >= 4 is 0 Å². The van der Waals surface area contributed by atoms with E-state index in [4.69, 9.17) is 0 Å². The zero-order chi connectivity index (χ0) is 14.5. The number of halogens is 3. The van der Waals surface area contributed by atoms with Crippen molar-refractivity contribution in [3.63, 3.8) is 0 Å². The molecule has 0 aliphatic carbocycles. The van der Waals surface area contributed by atoms with Gasteiger partial charge in [-0.25, -0.2) is 4.98 Å². The van der Waals surface area contributed by atoms with E-state index in [9.17, 15) is 18.0 Å². The number of ether oxygens (including phenoxy) is 1. The van der Waals surface area contributed by atoms with Crippen LogP contribution in [-0.2, 0) is 17.6 Å². The topological polar surface area (TPSA) is 55.0 Å². The van der Waals surface area contributed by atoms with E-state index in [0.29, 0.717) is 23.9 Å². The summed E-state index contributed by atoms with van der Waals surface area (Å²) in [5.74, 6) is 0.703. The van der Waals surface area contributed by atoms with Crippen molar-refractivity contribution in [3.05, 3.63) is 27.9 Å². The van der Waals surface area contributed by atoms with Crippen molar-refractivity contribution in [2.24, 2.45) is 5.92 Å². The maximum atomic E-state index is 11.9. The minimum Gasteiger partial charge on any atom is -0.372 e. The summed E-state index contributed by atoms with van der Waals surface area (Å²) in [7, 11) is 0. The molecule has 0 aromatic carbocycles. The molecule has 0 spiro atoms. The Labute approximate surface area is 109 Å². The van der Waals surface area contributed by atoms with Crippen LogP contribution in [0, 0.1) is 5.92 Å². The van der Waals surface area contributed by atoms with Gasteiger partial charge in [-0.15, -0.1) is 0 Å². The largest absolute Gasteiger partial charge is 0.411 e. The fourth-order valence-electron chi connectivity index (χ4n) is 1.56. The third-order valence-electron chi connectivity index (χ3n) is 2.21. The highest BCUT2D eigenvalue weighted by Gasteiger charge is 2.27. The Bertz CT molecular complexity index is 455. The first-order valence-corrected chi connectivity index (χ1v) is 6.00. The van der Waals surface area contributed by atoms with Crippen molar-refractivity contribution in [2.45, 2.75) is 32.9 Å². The van der Waals surface area contributed by atoms with E-state index in [0.717, 1.165) is 0 Å². The van der Waals surface area contributed by atoms with Gasteiger partial charge in [-0.2, -0.15) is 13.2 Å². The van der Waals surface area contributed by atoms with E-state index >= 15 is 0 Å². The van der Waals surface area contributed by atoms with Gasteiger partial charge < -0.3 is 9.72 Å². The van der Waals surface area contributed by atoms with Gasteiger partial charge >= 0.3 is 6.18 Å². The highest BCUT2D eigenvalue weighted by atomic mass is 19.4. The molecule has 1 aromatic heterocycles. The Balaban J connectivity index is 2.54. The van der Waals surface area contributed by atoms with Gasteiger partial charge in [0.2, 0.25) is 0 Å². The molecule has 1 heterocycles. The molecule has 0 amide bonds. The summed E-state index contributed by atoms with van der Waals surface area (Å²) in [6.45, 7) is 2.57. The highest BCUT2D eigenvalue weighted by molar-refractivity contribution is 5.03. The Morgan fingerprint density at radius 3 is 2.68 bits per heavy atom. The number of nitrogens with one attached hydrogen (secondary N) is 1. The van der Waals surface area contributed by atoms with E-state index < -0.39 is 12.8 Å². The lowest BCUT2D eigenvalue weighted by Crippen LogP contribution is -2.19. The van der Waals surface area contributed by atoms with Crippen molar-refractivity contribution in [2.75, 3.05) is 13.2 Å². The second kappa shape index (κ2) is 6.70. The normalized spacial score (nSPS) is 12.1. The zero-order valence-electron chi connectivity index (χ0n) is 10.9. The van der Waals surface area contributed by atoms with E-state index in [1.54, 1.807) is 0 Å². The summed E-state index contributed by atoms with van der Waals surface area (Å²) in [5.41, 5.74) is 0.348. The van der Waals surface area contributed by atoms with Gasteiger partial charge in [0.25, 0.3) is 5.56 Å². The maximum absolute atomic E-state index is 11.9. The lowest BCUT2D eigenvalue weighted by atomic mass is 10.1. The van der Waals surface area contributed by atoms with Crippen LogP contribution >= 0.6 is 0 Å². The molecule has 0 bridgehead atoms. The summed E-state index contributed by atoms with van der Waals surface area (Å²) in [4.78, 5) is 18.0. The smallest absolute Gasteiger partial charge is 0.372 e. The lowest BCUT2D eigenvalue weighted by molar-refractivity contribution is -0.173. The van der Waals surface area contributed by atoms with E-state index in [2.05, 4.69) is 14.7 Å². The molecule has 1 aromatic rings. The van der Waals surface area contributed by atoms with Crippen LogP contribution in [0.15, 0.2) is 10.9 Å². The van der Waals surface area contributed by atoms with E-state index in [1.807, 2.05) is 13.8 Å². The van der Waals surface area contributed by atoms with Gasteiger partial charge in [-0.1, -0.05) is 13.8 Å².